The third kappa shape index (κ3) is 5.48. The fraction of sp³-hybridized carbons (Fsp3) is 0.240. The maximum Gasteiger partial charge on any atom is 0.353 e. The number of nitrogens with zero attached hydrogens (tertiary/aromatic N) is 1. The predicted octanol–water partition coefficient (Wildman–Crippen LogP) is 5.90. The minimum atomic E-state index is -1.51. The lowest BCUT2D eigenvalue weighted by Gasteiger charge is -2.37. The predicted molar refractivity (Wildman–Crippen MR) is 132 cm³/mol. The summed E-state index contributed by atoms with van der Waals surface area (Å²) in [7, 11) is 0. The molecule has 1 unspecified atom stereocenters. The molecule has 184 valence electrons. The Balaban J connectivity index is 2.33. The molecular formula is C25H22Cl3NO6. The van der Waals surface area contributed by atoms with Crippen LogP contribution in [0.15, 0.2) is 65.0 Å². The summed E-state index contributed by atoms with van der Waals surface area (Å²) in [6.45, 7) is 4.77. The van der Waals surface area contributed by atoms with Crippen LogP contribution in [0.1, 0.15) is 37.8 Å². The van der Waals surface area contributed by atoms with E-state index in [1.807, 2.05) is 0 Å². The van der Waals surface area contributed by atoms with Crippen molar-refractivity contribution in [3.63, 3.8) is 0 Å². The molecule has 0 aliphatic carbocycles. The molecule has 0 radical (unpaired) electrons. The van der Waals surface area contributed by atoms with Gasteiger partial charge in [-0.3, -0.25) is 0 Å². The summed E-state index contributed by atoms with van der Waals surface area (Å²) in [6.07, 6.45) is -0.503. The summed E-state index contributed by atoms with van der Waals surface area (Å²) in [5, 5.41) is 21.1. The first-order valence-corrected chi connectivity index (χ1v) is 11.7. The summed E-state index contributed by atoms with van der Waals surface area (Å²) in [5.74, 6) is -5.03. The zero-order valence-corrected chi connectivity index (χ0v) is 21.3. The summed E-state index contributed by atoms with van der Waals surface area (Å²) in [4.78, 5) is 39.6. The molecule has 2 aromatic carbocycles. The van der Waals surface area contributed by atoms with Gasteiger partial charge in [0.2, 0.25) is 0 Å². The van der Waals surface area contributed by atoms with Crippen LogP contribution in [-0.4, -0.2) is 39.1 Å². The van der Waals surface area contributed by atoms with Crippen molar-refractivity contribution in [3.8, 4) is 0 Å². The van der Waals surface area contributed by atoms with Gasteiger partial charge in [-0.15, -0.1) is 0 Å². The number of esters is 1. The zero-order chi connectivity index (χ0) is 26.0. The highest BCUT2D eigenvalue weighted by Gasteiger charge is 2.44. The largest absolute Gasteiger partial charge is 0.478 e. The molecule has 7 nitrogen and oxygen atoms in total. The molecule has 0 fully saturated rings. The first kappa shape index (κ1) is 26.6. The summed E-state index contributed by atoms with van der Waals surface area (Å²) in [6, 6.07) is 11.1. The third-order valence-corrected chi connectivity index (χ3v) is 6.52. The number of allylic oxidation sites excluding steroid dienone is 1. The summed E-state index contributed by atoms with van der Waals surface area (Å²) < 4.78 is 5.44. The van der Waals surface area contributed by atoms with E-state index in [2.05, 4.69) is 0 Å². The van der Waals surface area contributed by atoms with E-state index in [9.17, 15) is 24.6 Å². The second-order valence-corrected chi connectivity index (χ2v) is 9.34. The molecule has 0 aromatic heterocycles. The lowest BCUT2D eigenvalue weighted by molar-refractivity contribution is -0.143. The number of ether oxygens (including phenoxy) is 1. The zero-order valence-electron chi connectivity index (χ0n) is 19.0. The van der Waals surface area contributed by atoms with Gasteiger partial charge < -0.3 is 19.8 Å². The van der Waals surface area contributed by atoms with Crippen LogP contribution in [0.2, 0.25) is 15.1 Å². The van der Waals surface area contributed by atoms with Gasteiger partial charge in [-0.05, 0) is 50.1 Å². The van der Waals surface area contributed by atoms with E-state index in [1.165, 1.54) is 4.90 Å². The number of benzene rings is 2. The molecule has 1 atom stereocenters. The molecule has 2 aromatic rings. The highest BCUT2D eigenvalue weighted by molar-refractivity contribution is 6.42. The molecule has 35 heavy (non-hydrogen) atoms. The van der Waals surface area contributed by atoms with Crippen LogP contribution in [0.5, 0.6) is 0 Å². The number of carbonyl (C=O) groups is 3. The molecule has 10 heteroatoms. The quantitative estimate of drug-likeness (QED) is 0.423. The van der Waals surface area contributed by atoms with Crippen molar-refractivity contribution in [2.24, 2.45) is 0 Å². The number of rotatable bonds is 7. The van der Waals surface area contributed by atoms with Crippen LogP contribution in [0.4, 0.5) is 0 Å². The molecule has 0 amide bonds. The van der Waals surface area contributed by atoms with Gasteiger partial charge >= 0.3 is 17.9 Å². The fourth-order valence-corrected chi connectivity index (χ4v) is 4.55. The molecular weight excluding hydrogens is 517 g/mol. The van der Waals surface area contributed by atoms with E-state index in [-0.39, 0.29) is 33.4 Å². The van der Waals surface area contributed by atoms with Gasteiger partial charge in [0.25, 0.3) is 0 Å². The average molecular weight is 539 g/mol. The van der Waals surface area contributed by atoms with Crippen molar-refractivity contribution in [1.82, 2.24) is 4.90 Å². The molecule has 1 aliphatic heterocycles. The number of carbonyl (C=O) groups excluding carboxylic acids is 1. The maximum atomic E-state index is 13.3. The summed E-state index contributed by atoms with van der Waals surface area (Å²) >= 11 is 18.5. The van der Waals surface area contributed by atoms with Crippen LogP contribution in [0, 0.1) is 0 Å². The number of halogens is 3. The number of hydrogen-bond donors (Lipinski definition) is 2. The van der Waals surface area contributed by atoms with Crippen LogP contribution < -0.4 is 0 Å². The summed E-state index contributed by atoms with van der Waals surface area (Å²) in [5.41, 5.74) is 0.0203. The van der Waals surface area contributed by atoms with Gasteiger partial charge in [0.1, 0.15) is 5.70 Å². The second-order valence-electron chi connectivity index (χ2n) is 8.11. The normalized spacial score (nSPS) is 16.1. The Hall–Kier alpha value is -3.00. The topological polar surface area (TPSA) is 104 Å². The molecule has 1 heterocycles. The molecule has 2 N–H and O–H groups in total. The highest BCUT2D eigenvalue weighted by atomic mass is 35.5. The number of carboxylic acid groups (broad SMARTS) is 2. The van der Waals surface area contributed by atoms with E-state index in [0.29, 0.717) is 10.6 Å². The SMILES string of the molecule is CC1=C(C(=O)OC(C)C)C(c2ccccc2Cl)C(C(=O)O)=C(C(=O)O)N1Cc1ccc(Cl)c(Cl)c1. The fourth-order valence-electron chi connectivity index (χ4n) is 3.99. The number of carboxylic acids is 2. The lowest BCUT2D eigenvalue weighted by atomic mass is 9.79. The van der Waals surface area contributed by atoms with Gasteiger partial charge in [-0.2, -0.15) is 0 Å². The average Bonchev–Trinajstić information content (AvgIpc) is 2.76. The van der Waals surface area contributed by atoms with Crippen LogP contribution in [0.25, 0.3) is 0 Å². The first-order chi connectivity index (χ1) is 16.4. The number of hydrogen-bond acceptors (Lipinski definition) is 5. The van der Waals surface area contributed by atoms with E-state index in [1.54, 1.807) is 63.2 Å². The first-order valence-electron chi connectivity index (χ1n) is 10.5. The van der Waals surface area contributed by atoms with Crippen molar-refractivity contribution in [3.05, 3.63) is 91.2 Å². The molecule has 1 aliphatic rings. The van der Waals surface area contributed by atoms with E-state index in [4.69, 9.17) is 39.5 Å². The minimum Gasteiger partial charge on any atom is -0.478 e. The Morgan fingerprint density at radius 3 is 2.14 bits per heavy atom. The Kier molecular flexibility index (Phi) is 8.15. The standard InChI is InChI=1S/C25H22Cl3NO6/c1-12(2)35-25(34)19-13(3)29(11-14-8-9-17(27)18(28)10-14)22(24(32)33)21(23(30)31)20(19)15-6-4-5-7-16(15)26/h4-10,12,20H,11H2,1-3H3,(H,30,31)(H,32,33). The lowest BCUT2D eigenvalue weighted by Crippen LogP contribution is -2.38. The molecule has 0 spiro atoms. The van der Waals surface area contributed by atoms with E-state index >= 15 is 0 Å². The van der Waals surface area contributed by atoms with Gasteiger partial charge in [0.15, 0.2) is 0 Å². The van der Waals surface area contributed by atoms with Gasteiger partial charge in [0, 0.05) is 17.3 Å². The van der Waals surface area contributed by atoms with Crippen molar-refractivity contribution < 1.29 is 29.3 Å². The molecule has 3 rings (SSSR count). The van der Waals surface area contributed by atoms with Crippen LogP contribution in [0.3, 0.4) is 0 Å². The van der Waals surface area contributed by atoms with Crippen LogP contribution >= 0.6 is 34.8 Å². The Morgan fingerprint density at radius 1 is 0.943 bits per heavy atom. The van der Waals surface area contributed by atoms with Crippen molar-refractivity contribution >= 4 is 52.7 Å². The minimum absolute atomic E-state index is 0.0192. The highest BCUT2D eigenvalue weighted by Crippen LogP contribution is 2.45. The van der Waals surface area contributed by atoms with Crippen molar-refractivity contribution in [1.29, 1.82) is 0 Å². The van der Waals surface area contributed by atoms with Crippen molar-refractivity contribution in [2.75, 3.05) is 0 Å². The van der Waals surface area contributed by atoms with E-state index in [0.717, 1.165) is 0 Å². The second kappa shape index (κ2) is 10.7. The van der Waals surface area contributed by atoms with E-state index < -0.39 is 41.2 Å². The molecule has 0 saturated carbocycles. The van der Waals surface area contributed by atoms with Crippen molar-refractivity contribution in [2.45, 2.75) is 39.3 Å². The molecule has 0 bridgehead atoms. The monoisotopic (exact) mass is 537 g/mol. The van der Waals surface area contributed by atoms with Crippen LogP contribution in [-0.2, 0) is 25.7 Å². The Bertz CT molecular complexity index is 1270. The number of aliphatic carboxylic acids is 2. The Labute approximate surface area is 217 Å². The maximum absolute atomic E-state index is 13.3. The van der Waals surface area contributed by atoms with Gasteiger partial charge in [0.05, 0.1) is 33.2 Å². The van der Waals surface area contributed by atoms with Gasteiger partial charge in [-0.1, -0.05) is 59.1 Å². The third-order valence-electron chi connectivity index (χ3n) is 5.43. The molecule has 0 saturated heterocycles. The van der Waals surface area contributed by atoms with Gasteiger partial charge in [-0.25, -0.2) is 14.4 Å². The Morgan fingerprint density at radius 2 is 1.60 bits per heavy atom. The smallest absolute Gasteiger partial charge is 0.353 e.